The zero-order valence-corrected chi connectivity index (χ0v) is 11.7. The van der Waals surface area contributed by atoms with Crippen LogP contribution in [0.5, 0.6) is 0 Å². The third-order valence-corrected chi connectivity index (χ3v) is 3.75. The van der Waals surface area contributed by atoms with Gasteiger partial charge in [-0.25, -0.2) is 4.39 Å². The van der Waals surface area contributed by atoms with E-state index in [9.17, 15) is 9.18 Å². The largest absolute Gasteiger partial charge is 0.384 e. The molecule has 1 amide bonds. The van der Waals surface area contributed by atoms with Crippen LogP contribution in [-0.2, 0) is 0 Å². The fourth-order valence-electron chi connectivity index (χ4n) is 2.15. The molecule has 1 aliphatic carbocycles. The molecule has 0 spiro atoms. The smallest absolute Gasteiger partial charge is 0.254 e. The molecule has 3 nitrogen and oxygen atoms in total. The van der Waals surface area contributed by atoms with Crippen LogP contribution in [0.4, 0.5) is 4.39 Å². The zero-order chi connectivity index (χ0) is 14.8. The number of hydrogen-bond acceptors (Lipinski definition) is 2. The molecule has 2 N–H and O–H groups in total. The van der Waals surface area contributed by atoms with Crippen LogP contribution >= 0.6 is 0 Å². The molecule has 106 valence electrons. The van der Waals surface area contributed by atoms with Gasteiger partial charge < -0.3 is 10.4 Å². The summed E-state index contributed by atoms with van der Waals surface area (Å²) in [6.07, 6.45) is 1.08. The quantitative estimate of drug-likeness (QED) is 0.828. The van der Waals surface area contributed by atoms with E-state index in [1.807, 2.05) is 0 Å². The molecule has 1 unspecified atom stereocenters. The van der Waals surface area contributed by atoms with Crippen molar-refractivity contribution < 1.29 is 14.3 Å². The first kappa shape index (κ1) is 14.5. The van der Waals surface area contributed by atoms with Crippen LogP contribution in [0.25, 0.3) is 0 Å². The predicted octanol–water partition coefficient (Wildman–Crippen LogP) is 1.95. The van der Waals surface area contributed by atoms with Crippen molar-refractivity contribution >= 4 is 5.91 Å². The Morgan fingerprint density at radius 3 is 2.85 bits per heavy atom. The Morgan fingerprint density at radius 2 is 2.25 bits per heavy atom. The second-order valence-corrected chi connectivity index (χ2v) is 5.75. The minimum absolute atomic E-state index is 0.00630. The fourth-order valence-corrected chi connectivity index (χ4v) is 2.15. The SMILES string of the molecule is CC1(C)CC1CNC(=O)c1cc(C#CCO)ccc1F. The van der Waals surface area contributed by atoms with E-state index in [0.717, 1.165) is 6.42 Å². The van der Waals surface area contributed by atoms with Crippen molar-refractivity contribution in [2.24, 2.45) is 11.3 Å². The lowest BCUT2D eigenvalue weighted by atomic mass is 10.1. The number of carbonyl (C=O) groups excluding carboxylic acids is 1. The van der Waals surface area contributed by atoms with E-state index >= 15 is 0 Å². The molecule has 0 saturated heterocycles. The van der Waals surface area contributed by atoms with Gasteiger partial charge in [-0.2, -0.15) is 0 Å². The third kappa shape index (κ3) is 3.37. The Hall–Kier alpha value is -1.86. The number of nitrogens with one attached hydrogen (secondary N) is 1. The topological polar surface area (TPSA) is 49.3 Å². The van der Waals surface area contributed by atoms with Gasteiger partial charge in [-0.15, -0.1) is 0 Å². The van der Waals surface area contributed by atoms with Gasteiger partial charge in [-0.05, 0) is 36.0 Å². The maximum atomic E-state index is 13.7. The number of aliphatic hydroxyl groups excluding tert-OH is 1. The summed E-state index contributed by atoms with van der Waals surface area (Å²) in [4.78, 5) is 12.0. The van der Waals surface area contributed by atoms with Gasteiger partial charge in [-0.1, -0.05) is 25.7 Å². The maximum Gasteiger partial charge on any atom is 0.254 e. The molecular weight excluding hydrogens is 257 g/mol. The summed E-state index contributed by atoms with van der Waals surface area (Å²) in [6, 6.07) is 4.11. The molecule has 1 atom stereocenters. The number of rotatable bonds is 3. The number of aliphatic hydroxyl groups is 1. The number of hydrogen-bond donors (Lipinski definition) is 2. The van der Waals surface area contributed by atoms with E-state index in [1.54, 1.807) is 0 Å². The average Bonchev–Trinajstić information content (AvgIpc) is 3.02. The molecule has 0 bridgehead atoms. The number of halogens is 1. The lowest BCUT2D eigenvalue weighted by Crippen LogP contribution is -2.27. The lowest BCUT2D eigenvalue weighted by Gasteiger charge is -2.07. The van der Waals surface area contributed by atoms with Gasteiger partial charge in [0.05, 0.1) is 5.56 Å². The number of amides is 1. The van der Waals surface area contributed by atoms with Gasteiger partial charge in [0, 0.05) is 12.1 Å². The van der Waals surface area contributed by atoms with E-state index in [2.05, 4.69) is 31.0 Å². The first-order chi connectivity index (χ1) is 9.44. The van der Waals surface area contributed by atoms with Gasteiger partial charge in [0.1, 0.15) is 12.4 Å². The zero-order valence-electron chi connectivity index (χ0n) is 11.7. The van der Waals surface area contributed by atoms with E-state index in [1.165, 1.54) is 18.2 Å². The molecule has 1 aromatic carbocycles. The van der Waals surface area contributed by atoms with Gasteiger partial charge in [-0.3, -0.25) is 4.79 Å². The molecule has 1 saturated carbocycles. The molecule has 2 rings (SSSR count). The molecule has 20 heavy (non-hydrogen) atoms. The highest BCUT2D eigenvalue weighted by molar-refractivity contribution is 5.94. The number of benzene rings is 1. The standard InChI is InChI=1S/C16H18FNO2/c1-16(2)9-12(16)10-18-15(20)13-8-11(4-3-7-19)5-6-14(13)17/h5-6,8,12,19H,7,9-10H2,1-2H3,(H,18,20). The minimum Gasteiger partial charge on any atom is -0.384 e. The fraction of sp³-hybridized carbons (Fsp3) is 0.438. The normalized spacial score (nSPS) is 18.9. The Labute approximate surface area is 118 Å². The molecule has 4 heteroatoms. The van der Waals surface area contributed by atoms with Crippen LogP contribution in [-0.4, -0.2) is 24.2 Å². The van der Waals surface area contributed by atoms with Gasteiger partial charge in [0.25, 0.3) is 5.91 Å². The van der Waals surface area contributed by atoms with Gasteiger partial charge in [0.15, 0.2) is 0 Å². The van der Waals surface area contributed by atoms with Crippen LogP contribution in [0.3, 0.4) is 0 Å². The van der Waals surface area contributed by atoms with E-state index < -0.39 is 11.7 Å². The third-order valence-electron chi connectivity index (χ3n) is 3.75. The minimum atomic E-state index is -0.563. The first-order valence-corrected chi connectivity index (χ1v) is 6.61. The van der Waals surface area contributed by atoms with Crippen molar-refractivity contribution in [3.05, 3.63) is 35.1 Å². The Bertz CT molecular complexity index is 584. The van der Waals surface area contributed by atoms with E-state index in [-0.39, 0.29) is 17.6 Å². The molecule has 0 aromatic heterocycles. The second kappa shape index (κ2) is 5.64. The molecule has 0 radical (unpaired) electrons. The van der Waals surface area contributed by atoms with Crippen LogP contribution in [0, 0.1) is 29.0 Å². The summed E-state index contributed by atoms with van der Waals surface area (Å²) in [5.74, 6) is 4.62. The van der Waals surface area contributed by atoms with E-state index in [4.69, 9.17) is 5.11 Å². The van der Waals surface area contributed by atoms with Crippen molar-refractivity contribution in [3.63, 3.8) is 0 Å². The van der Waals surface area contributed by atoms with Crippen LogP contribution in [0.1, 0.15) is 36.2 Å². The second-order valence-electron chi connectivity index (χ2n) is 5.75. The Balaban J connectivity index is 2.05. The van der Waals surface area contributed by atoms with Crippen molar-refractivity contribution in [3.8, 4) is 11.8 Å². The molecule has 0 aliphatic heterocycles. The lowest BCUT2D eigenvalue weighted by molar-refractivity contribution is 0.0946. The maximum absolute atomic E-state index is 13.7. The summed E-state index contributed by atoms with van der Waals surface area (Å²) in [5.41, 5.74) is 0.783. The van der Waals surface area contributed by atoms with Crippen LogP contribution in [0.15, 0.2) is 18.2 Å². The highest BCUT2D eigenvalue weighted by Gasteiger charge is 2.45. The first-order valence-electron chi connectivity index (χ1n) is 6.61. The predicted molar refractivity (Wildman–Crippen MR) is 74.6 cm³/mol. The van der Waals surface area contributed by atoms with Crippen LogP contribution < -0.4 is 5.32 Å². The summed E-state index contributed by atoms with van der Waals surface area (Å²) in [6.45, 7) is 4.60. The van der Waals surface area contributed by atoms with E-state index in [0.29, 0.717) is 18.0 Å². The van der Waals surface area contributed by atoms with Gasteiger partial charge in [0.2, 0.25) is 0 Å². The average molecular weight is 275 g/mol. The summed E-state index contributed by atoms with van der Waals surface area (Å²) >= 11 is 0. The molecule has 1 aliphatic rings. The van der Waals surface area contributed by atoms with Crippen molar-refractivity contribution in [2.75, 3.05) is 13.2 Å². The van der Waals surface area contributed by atoms with Gasteiger partial charge >= 0.3 is 0 Å². The molecule has 1 fully saturated rings. The van der Waals surface area contributed by atoms with Crippen molar-refractivity contribution in [1.29, 1.82) is 0 Å². The molecule has 0 heterocycles. The highest BCUT2D eigenvalue weighted by Crippen LogP contribution is 2.50. The number of carbonyl (C=O) groups is 1. The monoisotopic (exact) mass is 275 g/mol. The summed E-state index contributed by atoms with van der Waals surface area (Å²) in [7, 11) is 0. The summed E-state index contributed by atoms with van der Waals surface area (Å²) < 4.78 is 13.7. The Morgan fingerprint density at radius 1 is 1.55 bits per heavy atom. The summed E-state index contributed by atoms with van der Waals surface area (Å²) in [5, 5.41) is 11.4. The Kier molecular flexibility index (Phi) is 4.10. The van der Waals surface area contributed by atoms with Crippen molar-refractivity contribution in [2.45, 2.75) is 20.3 Å². The molecule has 1 aromatic rings. The molecular formula is C16H18FNO2. The highest BCUT2D eigenvalue weighted by atomic mass is 19.1. The van der Waals surface area contributed by atoms with Crippen LogP contribution in [0.2, 0.25) is 0 Å². The van der Waals surface area contributed by atoms with Crippen molar-refractivity contribution in [1.82, 2.24) is 5.32 Å².